The van der Waals surface area contributed by atoms with Gasteiger partial charge >= 0.3 is 5.97 Å². The largest absolute Gasteiger partial charge is 0.469 e. The lowest BCUT2D eigenvalue weighted by atomic mass is 9.97. The van der Waals surface area contributed by atoms with Gasteiger partial charge in [-0.25, -0.2) is 0 Å². The van der Waals surface area contributed by atoms with Gasteiger partial charge in [-0.2, -0.15) is 0 Å². The zero-order chi connectivity index (χ0) is 18.9. The van der Waals surface area contributed by atoms with Gasteiger partial charge in [-0.1, -0.05) is 12.1 Å². The fourth-order valence-electron chi connectivity index (χ4n) is 3.16. The number of carbonyl (C=O) groups excluding carboxylic acids is 2. The quantitative estimate of drug-likeness (QED) is 0.466. The predicted molar refractivity (Wildman–Crippen MR) is 101 cm³/mol. The number of rotatable bonds is 5. The second-order valence-corrected chi connectivity index (χ2v) is 6.29. The van der Waals surface area contributed by atoms with E-state index in [9.17, 15) is 9.59 Å². The number of hydrogen-bond donors (Lipinski definition) is 2. The van der Waals surface area contributed by atoms with Crippen molar-refractivity contribution in [3.8, 4) is 0 Å². The number of methoxy groups -OCH3 is 1. The molecule has 1 aromatic carbocycles. The van der Waals surface area contributed by atoms with Gasteiger partial charge in [0.05, 0.1) is 13.0 Å². The molecule has 0 unspecified atom stereocenters. The van der Waals surface area contributed by atoms with Crippen LogP contribution in [-0.2, 0) is 16.0 Å². The number of carbonyl (C=O) groups is 2. The lowest BCUT2D eigenvalue weighted by Gasteiger charge is -2.33. The molecule has 0 aliphatic carbocycles. The van der Waals surface area contributed by atoms with Crippen LogP contribution in [0, 0.1) is 5.92 Å². The van der Waals surface area contributed by atoms with Crippen molar-refractivity contribution in [1.82, 2.24) is 15.5 Å². The van der Waals surface area contributed by atoms with Crippen LogP contribution in [0.25, 0.3) is 0 Å². The van der Waals surface area contributed by atoms with E-state index in [1.165, 1.54) is 7.11 Å². The van der Waals surface area contributed by atoms with Gasteiger partial charge in [0.25, 0.3) is 5.91 Å². The molecule has 7 nitrogen and oxygen atoms in total. The van der Waals surface area contributed by atoms with E-state index in [-0.39, 0.29) is 17.8 Å². The van der Waals surface area contributed by atoms with Crippen LogP contribution < -0.4 is 10.6 Å². The first-order chi connectivity index (χ1) is 12.6. The highest BCUT2D eigenvalue weighted by molar-refractivity contribution is 5.94. The number of benzene rings is 1. The summed E-state index contributed by atoms with van der Waals surface area (Å²) >= 11 is 0. The fourth-order valence-corrected chi connectivity index (χ4v) is 3.16. The van der Waals surface area contributed by atoms with Crippen molar-refractivity contribution in [2.45, 2.75) is 19.3 Å². The highest BCUT2D eigenvalue weighted by Crippen LogP contribution is 2.18. The molecule has 7 heteroatoms. The van der Waals surface area contributed by atoms with Crippen LogP contribution in [0.3, 0.4) is 0 Å². The van der Waals surface area contributed by atoms with Crippen molar-refractivity contribution in [2.75, 3.05) is 40.8 Å². The minimum absolute atomic E-state index is 0.0122. The molecule has 0 aromatic heterocycles. The van der Waals surface area contributed by atoms with E-state index in [4.69, 9.17) is 4.74 Å². The first-order valence-electron chi connectivity index (χ1n) is 8.93. The summed E-state index contributed by atoms with van der Waals surface area (Å²) in [6.07, 6.45) is 2.35. The summed E-state index contributed by atoms with van der Waals surface area (Å²) < 4.78 is 4.83. The second kappa shape index (κ2) is 9.79. The maximum Gasteiger partial charge on any atom is 0.308 e. The number of guanidine groups is 1. The van der Waals surface area contributed by atoms with Crippen LogP contribution in [0.2, 0.25) is 0 Å². The third kappa shape index (κ3) is 5.21. The molecule has 2 rings (SSSR count). The van der Waals surface area contributed by atoms with E-state index >= 15 is 0 Å². The molecule has 0 atom stereocenters. The molecule has 1 aliphatic rings. The molecule has 1 fully saturated rings. The van der Waals surface area contributed by atoms with E-state index in [2.05, 4.69) is 20.5 Å². The van der Waals surface area contributed by atoms with Gasteiger partial charge in [0, 0.05) is 39.3 Å². The van der Waals surface area contributed by atoms with Gasteiger partial charge in [0.15, 0.2) is 5.96 Å². The minimum Gasteiger partial charge on any atom is -0.469 e. The summed E-state index contributed by atoms with van der Waals surface area (Å²) in [5.74, 6) is 0.630. The first kappa shape index (κ1) is 19.8. The zero-order valence-corrected chi connectivity index (χ0v) is 15.7. The smallest absolute Gasteiger partial charge is 0.308 e. The number of likely N-dealkylation sites (tertiary alicyclic amines) is 1. The van der Waals surface area contributed by atoms with Crippen LogP contribution in [0.5, 0.6) is 0 Å². The lowest BCUT2D eigenvalue weighted by molar-refractivity contribution is -0.146. The Balaban J connectivity index is 1.83. The zero-order valence-electron chi connectivity index (χ0n) is 15.7. The van der Waals surface area contributed by atoms with E-state index in [0.717, 1.165) is 50.4 Å². The van der Waals surface area contributed by atoms with Gasteiger partial charge in [-0.3, -0.25) is 14.6 Å². The standard InChI is InChI=1S/C19H28N4O3/c1-20-17(24)16-6-4-5-14(13-16)7-10-22-19(21-2)23-11-8-15(9-12-23)18(25)26-3/h4-6,13,15H,7-12H2,1-3H3,(H,20,24)(H,21,22). The number of nitrogens with zero attached hydrogens (tertiary/aromatic N) is 2. The average Bonchev–Trinajstić information content (AvgIpc) is 2.70. The third-order valence-electron chi connectivity index (χ3n) is 4.65. The molecule has 1 aromatic rings. The van der Waals surface area contributed by atoms with Gasteiger partial charge in [0.2, 0.25) is 0 Å². The summed E-state index contributed by atoms with van der Waals surface area (Å²) in [5, 5.41) is 6.00. The first-order valence-corrected chi connectivity index (χ1v) is 8.93. The maximum absolute atomic E-state index is 11.7. The molecule has 0 radical (unpaired) electrons. The number of ether oxygens (including phenoxy) is 1. The summed E-state index contributed by atoms with van der Waals surface area (Å²) in [7, 11) is 4.83. The number of esters is 1. The predicted octanol–water partition coefficient (Wildman–Crippen LogP) is 1.05. The van der Waals surface area contributed by atoms with Crippen molar-refractivity contribution < 1.29 is 14.3 Å². The van der Waals surface area contributed by atoms with E-state index < -0.39 is 0 Å². The number of piperidine rings is 1. The van der Waals surface area contributed by atoms with E-state index in [1.807, 2.05) is 18.2 Å². The monoisotopic (exact) mass is 360 g/mol. The minimum atomic E-state index is -0.122. The number of hydrogen-bond acceptors (Lipinski definition) is 4. The Bertz CT molecular complexity index is 652. The molecule has 26 heavy (non-hydrogen) atoms. The Kier molecular flexibility index (Phi) is 7.44. The summed E-state index contributed by atoms with van der Waals surface area (Å²) in [6, 6.07) is 7.62. The van der Waals surface area contributed by atoms with Crippen molar-refractivity contribution in [3.05, 3.63) is 35.4 Å². The lowest BCUT2D eigenvalue weighted by Crippen LogP contribution is -2.47. The van der Waals surface area contributed by atoms with Gasteiger partial charge in [0.1, 0.15) is 0 Å². The summed E-state index contributed by atoms with van der Waals surface area (Å²) in [5.41, 5.74) is 1.76. The fraction of sp³-hybridized carbons (Fsp3) is 0.526. The normalized spacial score (nSPS) is 15.5. The number of amides is 1. The molecule has 1 amide bonds. The van der Waals surface area contributed by atoms with Gasteiger partial charge < -0.3 is 20.3 Å². The Morgan fingerprint density at radius 2 is 2.04 bits per heavy atom. The Morgan fingerprint density at radius 1 is 1.31 bits per heavy atom. The van der Waals surface area contributed by atoms with Crippen molar-refractivity contribution in [1.29, 1.82) is 0 Å². The van der Waals surface area contributed by atoms with Crippen molar-refractivity contribution in [3.63, 3.8) is 0 Å². The molecular weight excluding hydrogens is 332 g/mol. The summed E-state index contributed by atoms with van der Waals surface area (Å²) in [6.45, 7) is 2.29. The molecular formula is C19H28N4O3. The van der Waals surface area contributed by atoms with Crippen LogP contribution in [0.1, 0.15) is 28.8 Å². The maximum atomic E-state index is 11.7. The number of nitrogens with one attached hydrogen (secondary N) is 2. The molecule has 2 N–H and O–H groups in total. The van der Waals surface area contributed by atoms with Crippen LogP contribution in [0.15, 0.2) is 29.3 Å². The molecule has 0 bridgehead atoms. The van der Waals surface area contributed by atoms with Crippen LogP contribution in [0.4, 0.5) is 0 Å². The SMILES string of the molecule is CN=C(NCCc1cccc(C(=O)NC)c1)N1CCC(C(=O)OC)CC1. The molecule has 0 saturated carbocycles. The Labute approximate surface area is 154 Å². The van der Waals surface area contributed by atoms with E-state index in [0.29, 0.717) is 5.56 Å². The highest BCUT2D eigenvalue weighted by Gasteiger charge is 2.26. The third-order valence-corrected chi connectivity index (χ3v) is 4.65. The van der Waals surface area contributed by atoms with Gasteiger partial charge in [-0.05, 0) is 37.0 Å². The van der Waals surface area contributed by atoms with Crippen molar-refractivity contribution >= 4 is 17.8 Å². The summed E-state index contributed by atoms with van der Waals surface area (Å²) in [4.78, 5) is 29.8. The van der Waals surface area contributed by atoms with Crippen LogP contribution >= 0.6 is 0 Å². The van der Waals surface area contributed by atoms with Crippen LogP contribution in [-0.4, -0.2) is 63.6 Å². The van der Waals surface area contributed by atoms with E-state index in [1.54, 1.807) is 20.2 Å². The van der Waals surface area contributed by atoms with Gasteiger partial charge in [-0.15, -0.1) is 0 Å². The molecule has 0 spiro atoms. The molecule has 1 heterocycles. The topological polar surface area (TPSA) is 83.0 Å². The Morgan fingerprint density at radius 3 is 2.65 bits per heavy atom. The Hall–Kier alpha value is -2.57. The van der Waals surface area contributed by atoms with Crippen molar-refractivity contribution in [2.24, 2.45) is 10.9 Å². The molecule has 1 saturated heterocycles. The highest BCUT2D eigenvalue weighted by atomic mass is 16.5. The second-order valence-electron chi connectivity index (χ2n) is 6.29. The molecule has 142 valence electrons. The molecule has 1 aliphatic heterocycles. The average molecular weight is 360 g/mol. The number of aliphatic imine (C=N–C) groups is 1.